The molecular weight excluding hydrogens is 188 g/mol. The summed E-state index contributed by atoms with van der Waals surface area (Å²) in [4.78, 5) is 2.25. The van der Waals surface area contributed by atoms with Crippen LogP contribution in [0.3, 0.4) is 0 Å². The lowest BCUT2D eigenvalue weighted by atomic mass is 10.2. The smallest absolute Gasteiger partial charge is 0.0630 e. The molecule has 90 valence electrons. The molecule has 0 spiro atoms. The summed E-state index contributed by atoms with van der Waals surface area (Å²) >= 11 is 0. The van der Waals surface area contributed by atoms with E-state index in [2.05, 4.69) is 37.7 Å². The minimum atomic E-state index is 0.423. The van der Waals surface area contributed by atoms with Crippen LogP contribution in [0.1, 0.15) is 13.8 Å². The molecule has 0 rings (SSSR count). The summed E-state index contributed by atoms with van der Waals surface area (Å²) in [6, 6.07) is 0.423. The van der Waals surface area contributed by atoms with Gasteiger partial charge in [0, 0.05) is 26.2 Å². The third-order valence-corrected chi connectivity index (χ3v) is 2.33. The molecule has 0 aliphatic heterocycles. The molecule has 1 unspecified atom stereocenters. The number of hydrogen-bond donors (Lipinski definition) is 1. The van der Waals surface area contributed by atoms with Crippen LogP contribution in [-0.2, 0) is 4.74 Å². The largest absolute Gasteiger partial charge is 0.383 e. The highest BCUT2D eigenvalue weighted by atomic mass is 16.5. The van der Waals surface area contributed by atoms with Crippen molar-refractivity contribution in [3.05, 3.63) is 12.7 Å². The average Bonchev–Trinajstić information content (AvgIpc) is 2.16. The zero-order valence-electron chi connectivity index (χ0n) is 10.6. The first-order valence-electron chi connectivity index (χ1n) is 5.62. The Hall–Kier alpha value is -0.380. The van der Waals surface area contributed by atoms with Gasteiger partial charge in [0.05, 0.1) is 6.61 Å². The number of hydrogen-bond acceptors (Lipinski definition) is 3. The van der Waals surface area contributed by atoms with E-state index in [0.717, 1.165) is 26.2 Å². The van der Waals surface area contributed by atoms with Crippen LogP contribution >= 0.6 is 0 Å². The molecule has 0 heterocycles. The van der Waals surface area contributed by atoms with Gasteiger partial charge in [0.1, 0.15) is 0 Å². The Kier molecular flexibility index (Phi) is 8.67. The molecule has 0 aromatic carbocycles. The average molecular weight is 214 g/mol. The predicted molar refractivity (Wildman–Crippen MR) is 66.2 cm³/mol. The second-order valence-electron chi connectivity index (χ2n) is 4.39. The molecule has 0 fully saturated rings. The molecule has 3 heteroatoms. The summed E-state index contributed by atoms with van der Waals surface area (Å²) in [5.74, 6) is 0.693. The zero-order chi connectivity index (χ0) is 11.7. The molecule has 0 aromatic rings. The van der Waals surface area contributed by atoms with Crippen LogP contribution in [0.4, 0.5) is 0 Å². The highest BCUT2D eigenvalue weighted by Crippen LogP contribution is 1.97. The minimum Gasteiger partial charge on any atom is -0.383 e. The lowest BCUT2D eigenvalue weighted by Gasteiger charge is -2.27. The zero-order valence-corrected chi connectivity index (χ0v) is 10.6. The maximum absolute atomic E-state index is 5.21. The molecule has 1 atom stereocenters. The van der Waals surface area contributed by atoms with Gasteiger partial charge in [0.15, 0.2) is 0 Å². The second-order valence-corrected chi connectivity index (χ2v) is 4.39. The van der Waals surface area contributed by atoms with Gasteiger partial charge in [-0.1, -0.05) is 19.9 Å². The van der Waals surface area contributed by atoms with E-state index >= 15 is 0 Å². The fourth-order valence-corrected chi connectivity index (χ4v) is 1.43. The van der Waals surface area contributed by atoms with E-state index in [9.17, 15) is 0 Å². The second kappa shape index (κ2) is 8.89. The topological polar surface area (TPSA) is 24.5 Å². The summed E-state index contributed by atoms with van der Waals surface area (Å²) in [5, 5.41) is 3.45. The van der Waals surface area contributed by atoms with E-state index in [4.69, 9.17) is 4.74 Å². The van der Waals surface area contributed by atoms with Crippen molar-refractivity contribution < 1.29 is 4.74 Å². The van der Waals surface area contributed by atoms with Crippen LogP contribution in [0.25, 0.3) is 0 Å². The van der Waals surface area contributed by atoms with Crippen molar-refractivity contribution >= 4 is 0 Å². The van der Waals surface area contributed by atoms with Gasteiger partial charge in [-0.15, -0.1) is 6.58 Å². The number of nitrogens with zero attached hydrogens (tertiary/aromatic N) is 1. The maximum Gasteiger partial charge on any atom is 0.0630 e. The monoisotopic (exact) mass is 214 g/mol. The molecule has 0 amide bonds. The van der Waals surface area contributed by atoms with E-state index in [1.165, 1.54) is 0 Å². The lowest BCUT2D eigenvalue weighted by molar-refractivity contribution is 0.111. The van der Waals surface area contributed by atoms with E-state index in [-0.39, 0.29) is 0 Å². The molecule has 1 N–H and O–H groups in total. The minimum absolute atomic E-state index is 0.423. The molecule has 0 bridgehead atoms. The predicted octanol–water partition coefficient (Wildman–Crippen LogP) is 1.36. The molecule has 0 saturated carbocycles. The molecule has 0 aromatic heterocycles. The Morgan fingerprint density at radius 2 is 2.07 bits per heavy atom. The Bertz CT molecular complexity index is 160. The summed E-state index contributed by atoms with van der Waals surface area (Å²) in [5.41, 5.74) is 0. The number of likely N-dealkylation sites (N-methyl/N-ethyl adjacent to an activating group) is 1. The number of methoxy groups -OCH3 is 1. The highest BCUT2D eigenvalue weighted by Gasteiger charge is 2.12. The van der Waals surface area contributed by atoms with Crippen molar-refractivity contribution in [3.63, 3.8) is 0 Å². The van der Waals surface area contributed by atoms with Crippen molar-refractivity contribution in [2.45, 2.75) is 19.9 Å². The van der Waals surface area contributed by atoms with Gasteiger partial charge in [-0.3, -0.25) is 4.90 Å². The van der Waals surface area contributed by atoms with Crippen molar-refractivity contribution in [3.8, 4) is 0 Å². The Labute approximate surface area is 94.5 Å². The summed E-state index contributed by atoms with van der Waals surface area (Å²) in [6.07, 6.45) is 1.92. The van der Waals surface area contributed by atoms with E-state index in [1.807, 2.05) is 6.08 Å². The van der Waals surface area contributed by atoms with Crippen LogP contribution in [0.5, 0.6) is 0 Å². The molecule has 3 nitrogen and oxygen atoms in total. The van der Waals surface area contributed by atoms with Crippen molar-refractivity contribution in [2.24, 2.45) is 5.92 Å². The fraction of sp³-hybridized carbons (Fsp3) is 0.833. The molecule has 0 saturated heterocycles. The Balaban J connectivity index is 3.86. The molecule has 0 radical (unpaired) electrons. The van der Waals surface area contributed by atoms with Crippen LogP contribution in [-0.4, -0.2) is 51.3 Å². The van der Waals surface area contributed by atoms with Gasteiger partial charge in [-0.2, -0.15) is 0 Å². The van der Waals surface area contributed by atoms with Gasteiger partial charge in [-0.05, 0) is 19.5 Å². The van der Waals surface area contributed by atoms with Crippen LogP contribution in [0.15, 0.2) is 12.7 Å². The van der Waals surface area contributed by atoms with Gasteiger partial charge >= 0.3 is 0 Å². The van der Waals surface area contributed by atoms with E-state index in [0.29, 0.717) is 12.0 Å². The third-order valence-electron chi connectivity index (χ3n) is 2.33. The van der Waals surface area contributed by atoms with Crippen LogP contribution < -0.4 is 5.32 Å². The highest BCUT2D eigenvalue weighted by molar-refractivity contribution is 4.78. The standard InChI is InChI=1S/C12H26N2O/c1-6-7-14(4)12(10-15-5)9-13-8-11(2)3/h6,11-13H,1,7-10H2,2-5H3. The number of rotatable bonds is 9. The van der Waals surface area contributed by atoms with Gasteiger partial charge in [-0.25, -0.2) is 0 Å². The summed E-state index contributed by atoms with van der Waals surface area (Å²) in [7, 11) is 3.85. The van der Waals surface area contributed by atoms with Gasteiger partial charge in [0.2, 0.25) is 0 Å². The molecule has 15 heavy (non-hydrogen) atoms. The van der Waals surface area contributed by atoms with E-state index < -0.39 is 0 Å². The normalized spacial score (nSPS) is 13.5. The Morgan fingerprint density at radius 1 is 1.40 bits per heavy atom. The van der Waals surface area contributed by atoms with Crippen molar-refractivity contribution in [1.29, 1.82) is 0 Å². The molecule has 0 aliphatic rings. The SMILES string of the molecule is C=CCN(C)C(CNCC(C)C)COC. The van der Waals surface area contributed by atoms with E-state index in [1.54, 1.807) is 7.11 Å². The Morgan fingerprint density at radius 3 is 2.53 bits per heavy atom. The van der Waals surface area contributed by atoms with Gasteiger partial charge in [0.25, 0.3) is 0 Å². The van der Waals surface area contributed by atoms with Crippen molar-refractivity contribution in [1.82, 2.24) is 10.2 Å². The van der Waals surface area contributed by atoms with Gasteiger partial charge < -0.3 is 10.1 Å². The lowest BCUT2D eigenvalue weighted by Crippen LogP contribution is -2.43. The summed E-state index contributed by atoms with van der Waals surface area (Å²) < 4.78 is 5.21. The fourth-order valence-electron chi connectivity index (χ4n) is 1.43. The first kappa shape index (κ1) is 14.6. The number of ether oxygens (including phenoxy) is 1. The first-order valence-corrected chi connectivity index (χ1v) is 5.62. The quantitative estimate of drug-likeness (QED) is 0.587. The third kappa shape index (κ3) is 7.54. The number of nitrogens with one attached hydrogen (secondary N) is 1. The first-order chi connectivity index (χ1) is 7.11. The van der Waals surface area contributed by atoms with Crippen LogP contribution in [0, 0.1) is 5.92 Å². The molecular formula is C12H26N2O. The maximum atomic E-state index is 5.21. The summed E-state index contributed by atoms with van der Waals surface area (Å²) in [6.45, 7) is 11.9. The van der Waals surface area contributed by atoms with Crippen LogP contribution in [0.2, 0.25) is 0 Å². The molecule has 0 aliphatic carbocycles. The van der Waals surface area contributed by atoms with Crippen molar-refractivity contribution in [2.75, 3.05) is 40.4 Å².